The number of halogens is 3. The molecule has 0 spiro atoms. The van der Waals surface area contributed by atoms with E-state index in [9.17, 15) is 35.3 Å². The normalized spacial score (nSPS) is 21.1. The molecular formula is C29H26F3N5O4S2. The molecule has 2 fully saturated rings. The first-order valence-electron chi connectivity index (χ1n) is 13.4. The van der Waals surface area contributed by atoms with E-state index in [2.05, 4.69) is 11.1 Å². The van der Waals surface area contributed by atoms with Crippen molar-refractivity contribution in [3.8, 4) is 6.07 Å². The number of aromatic nitrogens is 2. The lowest BCUT2D eigenvalue weighted by atomic mass is 10.0. The summed E-state index contributed by atoms with van der Waals surface area (Å²) in [5, 5.41) is 10.4. The third-order valence-electron chi connectivity index (χ3n) is 8.47. The Labute approximate surface area is 246 Å². The number of nitrogens with zero attached hydrogens (tertiary/aromatic N) is 5. The van der Waals surface area contributed by atoms with Crippen LogP contribution in [0.5, 0.6) is 0 Å². The minimum Gasteiger partial charge on any atom is -0.370 e. The summed E-state index contributed by atoms with van der Waals surface area (Å²) >= 11 is 0. The summed E-state index contributed by atoms with van der Waals surface area (Å²) in [6.07, 6.45) is -0.706. The number of hydrogen-bond acceptors (Lipinski definition) is 7. The number of sulfonamides is 1. The van der Waals surface area contributed by atoms with Gasteiger partial charge in [0, 0.05) is 44.0 Å². The van der Waals surface area contributed by atoms with Crippen LogP contribution in [0.3, 0.4) is 0 Å². The highest BCUT2D eigenvalue weighted by Crippen LogP contribution is 2.44. The van der Waals surface area contributed by atoms with Crippen molar-refractivity contribution in [2.45, 2.75) is 34.9 Å². The van der Waals surface area contributed by atoms with Gasteiger partial charge in [0.25, 0.3) is 10.0 Å². The summed E-state index contributed by atoms with van der Waals surface area (Å²) in [6, 6.07) is 15.4. The van der Waals surface area contributed by atoms with E-state index in [-0.39, 0.29) is 52.0 Å². The third-order valence-corrected chi connectivity index (χ3v) is 12.0. The van der Waals surface area contributed by atoms with Gasteiger partial charge in [-0.05, 0) is 61.1 Å². The second kappa shape index (κ2) is 10.4. The summed E-state index contributed by atoms with van der Waals surface area (Å²) < 4.78 is 95.2. The average Bonchev–Trinajstić information content (AvgIpc) is 3.70. The fraction of sp³-hybridized carbons (Fsp3) is 0.310. The molecule has 1 aliphatic carbocycles. The molecule has 3 atom stereocenters. The summed E-state index contributed by atoms with van der Waals surface area (Å²) in [5.74, 6) is -0.0575. The van der Waals surface area contributed by atoms with Gasteiger partial charge in [-0.2, -0.15) is 22.7 Å². The number of pyridine rings is 1. The van der Waals surface area contributed by atoms with Gasteiger partial charge < -0.3 is 4.90 Å². The first-order valence-corrected chi connectivity index (χ1v) is 16.3. The van der Waals surface area contributed by atoms with Crippen LogP contribution >= 0.6 is 0 Å². The van der Waals surface area contributed by atoms with E-state index >= 15 is 0 Å². The quantitative estimate of drug-likeness (QED) is 0.304. The van der Waals surface area contributed by atoms with Crippen molar-refractivity contribution < 1.29 is 30.0 Å². The van der Waals surface area contributed by atoms with Crippen LogP contribution in [0.1, 0.15) is 24.0 Å². The molecular weight excluding hydrogens is 603 g/mol. The van der Waals surface area contributed by atoms with Crippen molar-refractivity contribution in [3.05, 3.63) is 84.2 Å². The highest BCUT2D eigenvalue weighted by atomic mass is 32.2. The molecule has 0 bridgehead atoms. The fourth-order valence-corrected chi connectivity index (χ4v) is 9.24. The van der Waals surface area contributed by atoms with E-state index in [0.29, 0.717) is 30.0 Å². The second-order valence-corrected chi connectivity index (χ2v) is 14.7. The minimum absolute atomic E-state index is 0.0288. The summed E-state index contributed by atoms with van der Waals surface area (Å²) in [5.41, 5.74) is -0.0260. The van der Waals surface area contributed by atoms with Crippen LogP contribution in [0.15, 0.2) is 82.8 Å². The number of anilines is 1. The lowest BCUT2D eigenvalue weighted by Gasteiger charge is -2.29. The van der Waals surface area contributed by atoms with E-state index in [1.807, 2.05) is 11.9 Å². The number of fused-ring (bicyclic) bond motifs is 2. The number of rotatable bonds is 6. The zero-order valence-electron chi connectivity index (χ0n) is 22.8. The molecule has 1 aliphatic heterocycles. The van der Waals surface area contributed by atoms with Gasteiger partial charge in [-0.15, -0.1) is 0 Å². The maximum Gasteiger partial charge on any atom is 0.416 e. The molecule has 1 unspecified atom stereocenters. The summed E-state index contributed by atoms with van der Waals surface area (Å²) in [6.45, 7) is 0.353. The average molecular weight is 630 g/mol. The van der Waals surface area contributed by atoms with Gasteiger partial charge in [0.05, 0.1) is 26.6 Å². The van der Waals surface area contributed by atoms with Crippen LogP contribution < -0.4 is 4.90 Å². The summed E-state index contributed by atoms with van der Waals surface area (Å²) in [7, 11) is -6.24. The van der Waals surface area contributed by atoms with Crippen LogP contribution in [-0.4, -0.2) is 56.3 Å². The van der Waals surface area contributed by atoms with E-state index in [1.165, 1.54) is 34.9 Å². The van der Waals surface area contributed by atoms with Crippen LogP contribution in [0.2, 0.25) is 0 Å². The Bertz CT molecular complexity index is 1960. The molecule has 0 amide bonds. The highest BCUT2D eigenvalue weighted by molar-refractivity contribution is 7.90. The SMILES string of the molecule is CN(c1c(C#N)cnc2c1ccn2S(=O)(=O)c1ccccc1)C1C[C@@H]2CN(S(=O)(=O)c3cccc(C(F)(F)F)c3)C[C@@H]2C1. The van der Waals surface area contributed by atoms with E-state index in [4.69, 9.17) is 0 Å². The standard InChI is InChI=1S/C29H26F3N5O4S2/c1-35(27-21(15-33)16-34-28-26(27)10-11-37(28)43(40,41)24-7-3-2-4-8-24)23-12-19-17-36(18-20(19)13-23)42(38,39)25-9-5-6-22(14-25)29(30,31)32/h2-11,14,16,19-20,23H,12-13,17-18H2,1H3/t19-,20+,23?. The second-order valence-electron chi connectivity index (χ2n) is 10.9. The van der Waals surface area contributed by atoms with Crippen LogP contribution in [0, 0.1) is 23.2 Å². The lowest BCUT2D eigenvalue weighted by Crippen LogP contribution is -2.34. The molecule has 1 saturated heterocycles. The van der Waals surface area contributed by atoms with Gasteiger partial charge in [0.2, 0.25) is 10.0 Å². The molecule has 224 valence electrons. The van der Waals surface area contributed by atoms with Gasteiger partial charge in [-0.25, -0.2) is 25.8 Å². The molecule has 6 rings (SSSR count). The Balaban J connectivity index is 1.25. The maximum atomic E-state index is 13.4. The minimum atomic E-state index is -4.65. The van der Waals surface area contributed by atoms with Gasteiger partial charge in [-0.3, -0.25) is 0 Å². The van der Waals surface area contributed by atoms with Crippen molar-refractivity contribution in [2.24, 2.45) is 11.8 Å². The van der Waals surface area contributed by atoms with E-state index in [1.54, 1.807) is 24.3 Å². The Morgan fingerprint density at radius 2 is 1.58 bits per heavy atom. The molecule has 2 aliphatic rings. The van der Waals surface area contributed by atoms with Gasteiger partial charge in [-0.1, -0.05) is 24.3 Å². The third kappa shape index (κ3) is 4.95. The Morgan fingerprint density at radius 1 is 0.930 bits per heavy atom. The predicted octanol–water partition coefficient (Wildman–Crippen LogP) is 4.70. The van der Waals surface area contributed by atoms with E-state index in [0.717, 1.165) is 16.1 Å². The molecule has 2 aromatic heterocycles. The van der Waals surface area contributed by atoms with E-state index < -0.39 is 31.8 Å². The molecule has 14 heteroatoms. The number of alkyl halides is 3. The molecule has 4 aromatic rings. The van der Waals surface area contributed by atoms with Gasteiger partial charge >= 0.3 is 6.18 Å². The van der Waals surface area contributed by atoms with Crippen LogP contribution in [0.4, 0.5) is 18.9 Å². The monoisotopic (exact) mass is 629 g/mol. The molecule has 0 N–H and O–H groups in total. The van der Waals surface area contributed by atoms with Crippen molar-refractivity contribution >= 4 is 36.8 Å². The molecule has 9 nitrogen and oxygen atoms in total. The van der Waals surface area contributed by atoms with Crippen molar-refractivity contribution in [1.82, 2.24) is 13.3 Å². The van der Waals surface area contributed by atoms with Gasteiger partial charge in [0.15, 0.2) is 5.65 Å². The number of nitriles is 1. The predicted molar refractivity (Wildman–Crippen MR) is 152 cm³/mol. The zero-order chi connectivity index (χ0) is 30.7. The largest absolute Gasteiger partial charge is 0.416 e. The first-order chi connectivity index (χ1) is 20.3. The van der Waals surface area contributed by atoms with Crippen molar-refractivity contribution in [2.75, 3.05) is 25.0 Å². The number of benzene rings is 2. The maximum absolute atomic E-state index is 13.4. The molecule has 43 heavy (non-hydrogen) atoms. The number of hydrogen-bond donors (Lipinski definition) is 0. The lowest BCUT2D eigenvalue weighted by molar-refractivity contribution is -0.137. The first kappa shape index (κ1) is 29.2. The molecule has 2 aromatic carbocycles. The molecule has 3 heterocycles. The molecule has 1 saturated carbocycles. The smallest absolute Gasteiger partial charge is 0.370 e. The molecule has 0 radical (unpaired) electrons. The summed E-state index contributed by atoms with van der Waals surface area (Å²) in [4.78, 5) is 5.96. The fourth-order valence-electron chi connectivity index (χ4n) is 6.31. The Morgan fingerprint density at radius 3 is 2.21 bits per heavy atom. The zero-order valence-corrected chi connectivity index (χ0v) is 24.4. The van der Waals surface area contributed by atoms with Crippen LogP contribution in [-0.2, 0) is 26.2 Å². The van der Waals surface area contributed by atoms with Crippen LogP contribution in [0.25, 0.3) is 11.0 Å². The van der Waals surface area contributed by atoms with Crippen molar-refractivity contribution in [3.63, 3.8) is 0 Å². The Kier molecular flexibility index (Phi) is 7.02. The van der Waals surface area contributed by atoms with Crippen molar-refractivity contribution in [1.29, 1.82) is 5.26 Å². The topological polar surface area (TPSA) is 116 Å². The van der Waals surface area contributed by atoms with Gasteiger partial charge in [0.1, 0.15) is 6.07 Å². The Hall–Kier alpha value is -3.93. The highest BCUT2D eigenvalue weighted by Gasteiger charge is 2.46.